The quantitative estimate of drug-likeness (QED) is 0.573. The molecule has 1 aliphatic rings. The summed E-state index contributed by atoms with van der Waals surface area (Å²) in [5.41, 5.74) is 5.64. The fraction of sp³-hybridized carbons (Fsp3) is 0.889. The van der Waals surface area contributed by atoms with Gasteiger partial charge in [0.05, 0.1) is 0 Å². The SMILES string of the molecule is CC1CC(C)(C)C(=O)CC1N. The molecule has 0 saturated heterocycles. The molecule has 64 valence electrons. The topological polar surface area (TPSA) is 43.1 Å². The Labute approximate surface area is 68.2 Å². The van der Waals surface area contributed by atoms with Crippen molar-refractivity contribution in [2.75, 3.05) is 0 Å². The lowest BCUT2D eigenvalue weighted by Crippen LogP contribution is -2.43. The molecule has 1 aliphatic carbocycles. The van der Waals surface area contributed by atoms with Crippen LogP contribution in [0.3, 0.4) is 0 Å². The molecule has 0 aromatic rings. The van der Waals surface area contributed by atoms with E-state index in [2.05, 4.69) is 6.92 Å². The first kappa shape index (κ1) is 8.72. The van der Waals surface area contributed by atoms with Crippen molar-refractivity contribution in [3.63, 3.8) is 0 Å². The van der Waals surface area contributed by atoms with Gasteiger partial charge in [0.15, 0.2) is 0 Å². The Bertz CT molecular complexity index is 174. The van der Waals surface area contributed by atoms with Crippen LogP contribution in [-0.2, 0) is 4.79 Å². The Hall–Kier alpha value is -0.370. The number of Topliss-reactive ketones (excluding diaryl/α,β-unsaturated/α-hetero) is 1. The second-order valence-corrected chi connectivity index (χ2v) is 4.36. The Kier molecular flexibility index (Phi) is 2.06. The minimum Gasteiger partial charge on any atom is -0.327 e. The molecule has 0 amide bonds. The summed E-state index contributed by atoms with van der Waals surface area (Å²) < 4.78 is 0. The first-order valence-electron chi connectivity index (χ1n) is 4.22. The van der Waals surface area contributed by atoms with Crippen molar-refractivity contribution in [3.05, 3.63) is 0 Å². The van der Waals surface area contributed by atoms with E-state index in [4.69, 9.17) is 5.73 Å². The predicted molar refractivity (Wildman–Crippen MR) is 45.2 cm³/mol. The number of carbonyl (C=O) groups excluding carboxylic acids is 1. The van der Waals surface area contributed by atoms with Crippen LogP contribution in [0.1, 0.15) is 33.6 Å². The monoisotopic (exact) mass is 155 g/mol. The molecule has 1 saturated carbocycles. The van der Waals surface area contributed by atoms with E-state index in [1.807, 2.05) is 13.8 Å². The minimum atomic E-state index is -0.130. The van der Waals surface area contributed by atoms with Crippen LogP contribution < -0.4 is 5.73 Å². The van der Waals surface area contributed by atoms with Gasteiger partial charge in [-0.25, -0.2) is 0 Å². The van der Waals surface area contributed by atoms with E-state index in [-0.39, 0.29) is 11.5 Å². The van der Waals surface area contributed by atoms with Crippen LogP contribution in [0, 0.1) is 11.3 Å². The van der Waals surface area contributed by atoms with Crippen LogP contribution in [0.4, 0.5) is 0 Å². The third-order valence-electron chi connectivity index (χ3n) is 2.74. The minimum absolute atomic E-state index is 0.0931. The Morgan fingerprint density at radius 1 is 1.55 bits per heavy atom. The number of rotatable bonds is 0. The Balaban J connectivity index is 2.71. The van der Waals surface area contributed by atoms with E-state index in [1.165, 1.54) is 0 Å². The van der Waals surface area contributed by atoms with Crippen LogP contribution >= 0.6 is 0 Å². The lowest BCUT2D eigenvalue weighted by Gasteiger charge is -2.35. The normalized spacial score (nSPS) is 37.3. The van der Waals surface area contributed by atoms with Gasteiger partial charge >= 0.3 is 0 Å². The summed E-state index contributed by atoms with van der Waals surface area (Å²) in [5.74, 6) is 0.811. The van der Waals surface area contributed by atoms with Crippen molar-refractivity contribution in [3.8, 4) is 0 Å². The van der Waals surface area contributed by atoms with Gasteiger partial charge in [0, 0.05) is 17.9 Å². The molecule has 2 nitrogen and oxygen atoms in total. The molecular weight excluding hydrogens is 138 g/mol. The van der Waals surface area contributed by atoms with E-state index in [0.29, 0.717) is 18.1 Å². The zero-order valence-corrected chi connectivity index (χ0v) is 7.55. The fourth-order valence-corrected chi connectivity index (χ4v) is 1.76. The van der Waals surface area contributed by atoms with Gasteiger partial charge in [0.2, 0.25) is 0 Å². The van der Waals surface area contributed by atoms with Crippen molar-refractivity contribution < 1.29 is 4.79 Å². The summed E-state index contributed by atoms with van der Waals surface area (Å²) in [4.78, 5) is 11.4. The Morgan fingerprint density at radius 2 is 2.09 bits per heavy atom. The smallest absolute Gasteiger partial charge is 0.140 e. The third-order valence-corrected chi connectivity index (χ3v) is 2.74. The molecule has 0 heterocycles. The zero-order valence-electron chi connectivity index (χ0n) is 7.55. The summed E-state index contributed by atoms with van der Waals surface area (Å²) in [6.45, 7) is 6.15. The van der Waals surface area contributed by atoms with Crippen molar-refractivity contribution in [1.82, 2.24) is 0 Å². The molecule has 0 aromatic carbocycles. The van der Waals surface area contributed by atoms with Crippen LogP contribution in [0.5, 0.6) is 0 Å². The van der Waals surface area contributed by atoms with Crippen molar-refractivity contribution in [2.24, 2.45) is 17.1 Å². The molecule has 2 heteroatoms. The molecule has 2 unspecified atom stereocenters. The standard InChI is InChI=1S/C9H17NO/c1-6-5-9(2,3)8(11)4-7(6)10/h6-7H,4-5,10H2,1-3H3. The number of hydrogen-bond donors (Lipinski definition) is 1. The van der Waals surface area contributed by atoms with E-state index >= 15 is 0 Å². The maximum Gasteiger partial charge on any atom is 0.140 e. The molecule has 2 atom stereocenters. The summed E-state index contributed by atoms with van der Waals surface area (Å²) in [7, 11) is 0. The van der Waals surface area contributed by atoms with Gasteiger partial charge in [-0.15, -0.1) is 0 Å². The van der Waals surface area contributed by atoms with E-state index in [1.54, 1.807) is 0 Å². The van der Waals surface area contributed by atoms with Crippen LogP contribution in [0.25, 0.3) is 0 Å². The highest BCUT2D eigenvalue weighted by Crippen LogP contribution is 2.34. The molecule has 1 fully saturated rings. The molecule has 0 bridgehead atoms. The van der Waals surface area contributed by atoms with E-state index in [9.17, 15) is 4.79 Å². The third kappa shape index (κ3) is 1.62. The van der Waals surface area contributed by atoms with Gasteiger partial charge in [-0.05, 0) is 12.3 Å². The van der Waals surface area contributed by atoms with Crippen molar-refractivity contribution >= 4 is 5.78 Å². The predicted octanol–water partition coefficient (Wildman–Crippen LogP) is 1.34. The molecule has 0 aromatic heterocycles. The maximum atomic E-state index is 11.4. The second kappa shape index (κ2) is 2.59. The Morgan fingerprint density at radius 3 is 2.55 bits per heavy atom. The van der Waals surface area contributed by atoms with Crippen LogP contribution in [0.15, 0.2) is 0 Å². The highest BCUT2D eigenvalue weighted by molar-refractivity contribution is 5.85. The maximum absolute atomic E-state index is 11.4. The molecule has 0 aliphatic heterocycles. The average Bonchev–Trinajstić information content (AvgIpc) is 1.83. The second-order valence-electron chi connectivity index (χ2n) is 4.36. The van der Waals surface area contributed by atoms with Gasteiger partial charge in [-0.3, -0.25) is 4.79 Å². The number of carbonyl (C=O) groups is 1. The average molecular weight is 155 g/mol. The van der Waals surface area contributed by atoms with Gasteiger partial charge in [0.1, 0.15) is 5.78 Å². The van der Waals surface area contributed by atoms with Gasteiger partial charge in [-0.1, -0.05) is 20.8 Å². The lowest BCUT2D eigenvalue weighted by molar-refractivity contribution is -0.131. The summed E-state index contributed by atoms with van der Waals surface area (Å²) >= 11 is 0. The molecule has 0 spiro atoms. The zero-order chi connectivity index (χ0) is 8.65. The highest BCUT2D eigenvalue weighted by atomic mass is 16.1. The van der Waals surface area contributed by atoms with Gasteiger partial charge < -0.3 is 5.73 Å². The largest absolute Gasteiger partial charge is 0.327 e. The summed E-state index contributed by atoms with van der Waals surface area (Å²) in [6, 6.07) is 0.0931. The van der Waals surface area contributed by atoms with E-state index < -0.39 is 0 Å². The molecular formula is C9H17NO. The number of nitrogens with two attached hydrogens (primary N) is 1. The van der Waals surface area contributed by atoms with Gasteiger partial charge in [0.25, 0.3) is 0 Å². The fourth-order valence-electron chi connectivity index (χ4n) is 1.76. The van der Waals surface area contributed by atoms with Crippen LogP contribution in [-0.4, -0.2) is 11.8 Å². The first-order chi connectivity index (χ1) is 4.93. The molecule has 11 heavy (non-hydrogen) atoms. The highest BCUT2D eigenvalue weighted by Gasteiger charge is 2.37. The molecule has 2 N–H and O–H groups in total. The molecule has 0 radical (unpaired) electrons. The number of ketones is 1. The number of hydrogen-bond acceptors (Lipinski definition) is 2. The summed E-state index contributed by atoms with van der Waals surface area (Å²) in [5, 5.41) is 0. The van der Waals surface area contributed by atoms with Gasteiger partial charge in [-0.2, -0.15) is 0 Å². The van der Waals surface area contributed by atoms with Crippen LogP contribution in [0.2, 0.25) is 0 Å². The van der Waals surface area contributed by atoms with Crippen molar-refractivity contribution in [2.45, 2.75) is 39.7 Å². The van der Waals surface area contributed by atoms with Crippen molar-refractivity contribution in [1.29, 1.82) is 0 Å². The lowest BCUT2D eigenvalue weighted by atomic mass is 9.70. The summed E-state index contributed by atoms with van der Waals surface area (Å²) in [6.07, 6.45) is 1.50. The van der Waals surface area contributed by atoms with E-state index in [0.717, 1.165) is 6.42 Å². The first-order valence-corrected chi connectivity index (χ1v) is 4.22. The molecule has 1 rings (SSSR count).